The van der Waals surface area contributed by atoms with Gasteiger partial charge in [-0.05, 0) is 48.5 Å². The third-order valence-corrected chi connectivity index (χ3v) is 6.33. The highest BCUT2D eigenvalue weighted by Crippen LogP contribution is 2.26. The molecule has 4 aliphatic heterocycles. The molecule has 0 aromatic heterocycles. The second kappa shape index (κ2) is 10.00. The molecule has 182 valence electrons. The zero-order chi connectivity index (χ0) is 22.7. The van der Waals surface area contributed by atoms with Crippen LogP contribution in [0.5, 0.6) is 11.5 Å². The van der Waals surface area contributed by atoms with Gasteiger partial charge >= 0.3 is 0 Å². The Hall–Kier alpha value is -2.52. The van der Waals surface area contributed by atoms with E-state index in [1.807, 2.05) is 24.3 Å². The van der Waals surface area contributed by atoms with Gasteiger partial charge in [0.1, 0.15) is 24.7 Å². The number of hydrogen-bond donors (Lipinski definition) is 0. The number of epoxide rings is 4. The molecule has 4 atom stereocenters. The summed E-state index contributed by atoms with van der Waals surface area (Å²) in [5, 5.41) is 0. The average Bonchev–Trinajstić information content (AvgIpc) is 3.70. The summed E-state index contributed by atoms with van der Waals surface area (Å²) in [6.45, 7) is 8.04. The molecule has 0 aliphatic carbocycles. The Kier molecular flexibility index (Phi) is 6.46. The van der Waals surface area contributed by atoms with Crippen molar-refractivity contribution in [1.82, 2.24) is 0 Å². The lowest BCUT2D eigenvalue weighted by Crippen LogP contribution is -2.31. The number of hydrogen-bond acceptors (Lipinski definition) is 8. The van der Waals surface area contributed by atoms with Crippen LogP contribution in [-0.4, -0.2) is 90.2 Å². The van der Waals surface area contributed by atoms with Crippen molar-refractivity contribution in [1.29, 1.82) is 0 Å². The first-order valence-electron chi connectivity index (χ1n) is 12.2. The van der Waals surface area contributed by atoms with Crippen molar-refractivity contribution in [2.75, 3.05) is 75.6 Å². The van der Waals surface area contributed by atoms with Crippen molar-refractivity contribution in [3.63, 3.8) is 0 Å². The largest absolute Gasteiger partial charge is 0.490 e. The highest BCUT2D eigenvalue weighted by atomic mass is 16.6. The third-order valence-electron chi connectivity index (χ3n) is 6.33. The van der Waals surface area contributed by atoms with Crippen LogP contribution >= 0.6 is 0 Å². The van der Waals surface area contributed by atoms with Crippen LogP contribution in [0.25, 0.3) is 0 Å². The maximum atomic E-state index is 5.88. The van der Waals surface area contributed by atoms with E-state index >= 15 is 0 Å². The van der Waals surface area contributed by atoms with Crippen molar-refractivity contribution in [3.8, 4) is 11.5 Å². The molecule has 0 amide bonds. The van der Waals surface area contributed by atoms with E-state index in [2.05, 4.69) is 34.1 Å². The van der Waals surface area contributed by atoms with Crippen LogP contribution in [0.3, 0.4) is 0 Å². The minimum atomic E-state index is 0.350. The fraction of sp³-hybridized carbons (Fsp3) is 0.538. The molecule has 8 nitrogen and oxygen atoms in total. The van der Waals surface area contributed by atoms with Gasteiger partial charge in [-0.3, -0.25) is 0 Å². The quantitative estimate of drug-likeness (QED) is 0.291. The van der Waals surface area contributed by atoms with Gasteiger partial charge in [-0.15, -0.1) is 0 Å². The standard InChI is InChI=1S/C26H32N2O6/c1-5-21(6-2-19(1)27(11-23-15-31-23)12-24-16-32-24)29-9-10-30-22-7-3-20(4-8-22)28(13-25-17-33-25)14-26-18-34-26/h1-8,23-26H,9-18H2. The maximum Gasteiger partial charge on any atom is 0.122 e. The van der Waals surface area contributed by atoms with Crippen molar-refractivity contribution in [2.45, 2.75) is 24.4 Å². The predicted octanol–water partition coefficient (Wildman–Crippen LogP) is 2.35. The van der Waals surface area contributed by atoms with Gasteiger partial charge in [0.15, 0.2) is 0 Å². The van der Waals surface area contributed by atoms with Gasteiger partial charge in [0.2, 0.25) is 0 Å². The molecular weight excluding hydrogens is 436 g/mol. The van der Waals surface area contributed by atoms with E-state index in [4.69, 9.17) is 28.4 Å². The van der Waals surface area contributed by atoms with Crippen LogP contribution < -0.4 is 19.3 Å². The van der Waals surface area contributed by atoms with Crippen molar-refractivity contribution >= 4 is 11.4 Å². The SMILES string of the molecule is c1cc(N(CC2CO2)CC2CO2)ccc1OCCOc1ccc(N(CC2CO2)CC2CO2)cc1. The molecule has 6 rings (SSSR count). The van der Waals surface area contributed by atoms with Gasteiger partial charge in [-0.1, -0.05) is 0 Å². The van der Waals surface area contributed by atoms with Gasteiger partial charge in [0.05, 0.1) is 50.8 Å². The van der Waals surface area contributed by atoms with E-state index < -0.39 is 0 Å². The Labute approximate surface area is 200 Å². The molecule has 4 saturated heterocycles. The summed E-state index contributed by atoms with van der Waals surface area (Å²) in [6.07, 6.45) is 1.40. The highest BCUT2D eigenvalue weighted by Gasteiger charge is 2.32. The fourth-order valence-electron chi connectivity index (χ4n) is 4.07. The van der Waals surface area contributed by atoms with E-state index in [0.29, 0.717) is 37.6 Å². The maximum absolute atomic E-state index is 5.88. The molecule has 0 spiro atoms. The molecule has 4 fully saturated rings. The van der Waals surface area contributed by atoms with Crippen LogP contribution in [0.2, 0.25) is 0 Å². The number of rotatable bonds is 15. The second-order valence-corrected chi connectivity index (χ2v) is 9.32. The summed E-state index contributed by atoms with van der Waals surface area (Å²) >= 11 is 0. The van der Waals surface area contributed by atoms with Gasteiger partial charge in [0.25, 0.3) is 0 Å². The Morgan fingerprint density at radius 2 is 0.824 bits per heavy atom. The van der Waals surface area contributed by atoms with Crippen LogP contribution in [0, 0.1) is 0 Å². The van der Waals surface area contributed by atoms with E-state index in [-0.39, 0.29) is 0 Å². The lowest BCUT2D eigenvalue weighted by Gasteiger charge is -2.23. The smallest absolute Gasteiger partial charge is 0.122 e. The normalized spacial score (nSPS) is 26.0. The van der Waals surface area contributed by atoms with Crippen LogP contribution in [0.4, 0.5) is 11.4 Å². The van der Waals surface area contributed by atoms with Crippen molar-refractivity contribution in [3.05, 3.63) is 48.5 Å². The molecular formula is C26H32N2O6. The molecule has 8 heteroatoms. The van der Waals surface area contributed by atoms with Crippen LogP contribution in [0.15, 0.2) is 48.5 Å². The van der Waals surface area contributed by atoms with E-state index in [0.717, 1.165) is 64.1 Å². The molecule has 0 saturated carbocycles. The second-order valence-electron chi connectivity index (χ2n) is 9.32. The van der Waals surface area contributed by atoms with Gasteiger partial charge in [-0.25, -0.2) is 0 Å². The molecule has 0 bridgehead atoms. The Balaban J connectivity index is 0.948. The topological polar surface area (TPSA) is 75.1 Å². The summed E-state index contributed by atoms with van der Waals surface area (Å²) in [6, 6.07) is 16.5. The zero-order valence-electron chi connectivity index (χ0n) is 19.3. The Bertz CT molecular complexity index is 818. The van der Waals surface area contributed by atoms with Crippen LogP contribution in [0.1, 0.15) is 0 Å². The molecule has 0 N–H and O–H groups in total. The van der Waals surface area contributed by atoms with Gasteiger partial charge in [-0.2, -0.15) is 0 Å². The minimum Gasteiger partial charge on any atom is -0.490 e. The monoisotopic (exact) mass is 468 g/mol. The Morgan fingerprint density at radius 3 is 1.09 bits per heavy atom. The number of nitrogens with zero attached hydrogens (tertiary/aromatic N) is 2. The summed E-state index contributed by atoms with van der Waals surface area (Å²) in [7, 11) is 0. The zero-order valence-corrected chi connectivity index (χ0v) is 19.3. The first-order chi connectivity index (χ1) is 16.8. The third kappa shape index (κ3) is 6.54. The molecule has 2 aromatic carbocycles. The van der Waals surface area contributed by atoms with Crippen molar-refractivity contribution in [2.24, 2.45) is 0 Å². The lowest BCUT2D eigenvalue weighted by atomic mass is 10.2. The average molecular weight is 469 g/mol. The molecule has 34 heavy (non-hydrogen) atoms. The molecule has 4 aliphatic rings. The van der Waals surface area contributed by atoms with Gasteiger partial charge in [0, 0.05) is 37.6 Å². The first-order valence-corrected chi connectivity index (χ1v) is 12.2. The van der Waals surface area contributed by atoms with E-state index in [1.165, 1.54) is 11.4 Å². The van der Waals surface area contributed by atoms with Crippen LogP contribution in [-0.2, 0) is 18.9 Å². The first kappa shape index (κ1) is 22.0. The molecule has 0 radical (unpaired) electrons. The summed E-state index contributed by atoms with van der Waals surface area (Å²) < 4.78 is 33.4. The van der Waals surface area contributed by atoms with E-state index in [9.17, 15) is 0 Å². The number of anilines is 2. The highest BCUT2D eigenvalue weighted by molar-refractivity contribution is 5.50. The number of ether oxygens (including phenoxy) is 6. The molecule has 4 unspecified atom stereocenters. The van der Waals surface area contributed by atoms with Gasteiger partial charge < -0.3 is 38.2 Å². The number of benzene rings is 2. The van der Waals surface area contributed by atoms with Crippen molar-refractivity contribution < 1.29 is 28.4 Å². The summed E-state index contributed by atoms with van der Waals surface area (Å²) in [4.78, 5) is 4.67. The lowest BCUT2D eigenvalue weighted by molar-refractivity contribution is 0.217. The summed E-state index contributed by atoms with van der Waals surface area (Å²) in [5.74, 6) is 1.68. The summed E-state index contributed by atoms with van der Waals surface area (Å²) in [5.41, 5.74) is 2.34. The Morgan fingerprint density at radius 1 is 0.529 bits per heavy atom. The fourth-order valence-corrected chi connectivity index (χ4v) is 4.07. The molecule has 2 aromatic rings. The predicted molar refractivity (Wildman–Crippen MR) is 127 cm³/mol. The minimum absolute atomic E-state index is 0.350. The molecule has 4 heterocycles. The van der Waals surface area contributed by atoms with E-state index in [1.54, 1.807) is 0 Å².